The van der Waals surface area contributed by atoms with Gasteiger partial charge in [0.1, 0.15) is 5.84 Å². The first-order chi connectivity index (χ1) is 18.6. The summed E-state index contributed by atoms with van der Waals surface area (Å²) in [5, 5.41) is 8.03. The standard InChI is InChI=1S/C32H24N4OS/c1-22-9-8-14-26(19-22)33-31-30(38-32(37)34-31)20-23-15-17-27(18-16-23)36-29(25-12-6-3-7-13-25)21-28(35-36)24-10-4-2-5-11-24/h2-21H,1H3,(H,33,34,37)/b30-20-. The Labute approximate surface area is 225 Å². The van der Waals surface area contributed by atoms with Crippen LogP contribution in [0, 0.1) is 6.92 Å². The first kappa shape index (κ1) is 23.7. The number of nitrogens with zero attached hydrogens (tertiary/aromatic N) is 3. The number of aliphatic imine (C=N–C) groups is 1. The molecule has 0 atom stereocenters. The molecule has 5 aromatic rings. The van der Waals surface area contributed by atoms with Crippen LogP contribution in [0.25, 0.3) is 34.3 Å². The van der Waals surface area contributed by atoms with Gasteiger partial charge in [-0.1, -0.05) is 84.9 Å². The molecule has 2 heterocycles. The van der Waals surface area contributed by atoms with E-state index < -0.39 is 0 Å². The highest BCUT2D eigenvalue weighted by Gasteiger charge is 2.22. The molecule has 1 aliphatic rings. The van der Waals surface area contributed by atoms with Crippen molar-refractivity contribution in [1.82, 2.24) is 9.78 Å². The molecule has 6 rings (SSSR count). The highest BCUT2D eigenvalue weighted by molar-refractivity contribution is 8.18. The summed E-state index contributed by atoms with van der Waals surface area (Å²) in [6.07, 6.45) is 1.98. The topological polar surface area (TPSA) is 59.3 Å². The summed E-state index contributed by atoms with van der Waals surface area (Å²) in [6, 6.07) is 38.8. The van der Waals surface area contributed by atoms with Crippen molar-refractivity contribution in [3.05, 3.63) is 131 Å². The van der Waals surface area contributed by atoms with Gasteiger partial charge in [0, 0.05) is 16.8 Å². The van der Waals surface area contributed by atoms with Crippen molar-refractivity contribution < 1.29 is 4.79 Å². The first-order valence-electron chi connectivity index (χ1n) is 12.3. The van der Waals surface area contributed by atoms with Crippen LogP contribution in [0.1, 0.15) is 11.1 Å². The van der Waals surface area contributed by atoms with E-state index in [0.717, 1.165) is 61.7 Å². The van der Waals surface area contributed by atoms with Crippen molar-refractivity contribution in [2.75, 3.05) is 5.32 Å². The minimum atomic E-state index is -0.222. The maximum atomic E-state index is 12.1. The number of benzene rings is 4. The number of aryl methyl sites for hydroxylation is 1. The zero-order valence-electron chi connectivity index (χ0n) is 20.7. The molecule has 0 aliphatic carbocycles. The van der Waals surface area contributed by atoms with Gasteiger partial charge in [-0.15, -0.1) is 0 Å². The van der Waals surface area contributed by atoms with Gasteiger partial charge in [0.25, 0.3) is 0 Å². The summed E-state index contributed by atoms with van der Waals surface area (Å²) in [5.41, 5.74) is 8.07. The Morgan fingerprint density at radius 1 is 0.789 bits per heavy atom. The minimum absolute atomic E-state index is 0.222. The molecule has 1 amide bonds. The van der Waals surface area contributed by atoms with E-state index in [9.17, 15) is 4.79 Å². The van der Waals surface area contributed by atoms with Crippen molar-refractivity contribution in [2.45, 2.75) is 6.92 Å². The summed E-state index contributed by atoms with van der Waals surface area (Å²) in [6.45, 7) is 2.03. The molecule has 1 N–H and O–H groups in total. The van der Waals surface area contributed by atoms with Crippen molar-refractivity contribution in [2.24, 2.45) is 4.99 Å². The van der Waals surface area contributed by atoms with Crippen LogP contribution in [0.2, 0.25) is 0 Å². The molecule has 0 radical (unpaired) electrons. The second kappa shape index (κ2) is 10.4. The Morgan fingerprint density at radius 3 is 2.21 bits per heavy atom. The number of aromatic nitrogens is 2. The quantitative estimate of drug-likeness (QED) is 0.258. The molecular formula is C32H24N4OS. The van der Waals surface area contributed by atoms with Crippen LogP contribution >= 0.6 is 11.8 Å². The Balaban J connectivity index is 1.32. The largest absolute Gasteiger partial charge is 0.339 e. The van der Waals surface area contributed by atoms with Crippen LogP contribution in [0.5, 0.6) is 0 Å². The Bertz CT molecular complexity index is 1670. The second-order valence-corrected chi connectivity index (χ2v) is 9.97. The van der Waals surface area contributed by atoms with E-state index in [0.29, 0.717) is 5.84 Å². The molecule has 0 spiro atoms. The molecule has 5 nitrogen and oxygen atoms in total. The Hall–Kier alpha value is -4.68. The molecule has 0 saturated carbocycles. The van der Waals surface area contributed by atoms with Crippen LogP contribution in [0.4, 0.5) is 10.5 Å². The molecule has 0 bridgehead atoms. The monoisotopic (exact) mass is 512 g/mol. The zero-order valence-corrected chi connectivity index (χ0v) is 21.5. The average molecular weight is 513 g/mol. The number of anilines is 1. The van der Waals surface area contributed by atoms with Crippen molar-refractivity contribution in [3.63, 3.8) is 0 Å². The SMILES string of the molecule is Cc1cccc(NC2=NC(=O)S/C2=C\c2ccc(-n3nc(-c4ccccc4)cc3-c3ccccc3)cc2)c1. The maximum Gasteiger partial charge on any atom is 0.311 e. The number of carbonyl (C=O) groups is 1. The molecule has 1 aliphatic heterocycles. The third-order valence-corrected chi connectivity index (χ3v) is 7.00. The van der Waals surface area contributed by atoms with Gasteiger partial charge < -0.3 is 5.32 Å². The predicted molar refractivity (Wildman–Crippen MR) is 158 cm³/mol. The number of thioether (sulfide) groups is 1. The van der Waals surface area contributed by atoms with E-state index in [1.807, 2.05) is 103 Å². The molecule has 38 heavy (non-hydrogen) atoms. The summed E-state index contributed by atoms with van der Waals surface area (Å²) in [4.78, 5) is 17.1. The number of hydrogen-bond donors (Lipinski definition) is 1. The van der Waals surface area contributed by atoms with E-state index in [-0.39, 0.29) is 5.24 Å². The normalized spacial score (nSPS) is 14.1. The fourth-order valence-electron chi connectivity index (χ4n) is 4.36. The van der Waals surface area contributed by atoms with Crippen molar-refractivity contribution in [3.8, 4) is 28.2 Å². The number of nitrogens with one attached hydrogen (secondary N) is 1. The molecule has 184 valence electrons. The summed E-state index contributed by atoms with van der Waals surface area (Å²) >= 11 is 1.13. The van der Waals surface area contributed by atoms with Crippen LogP contribution in [-0.2, 0) is 0 Å². The summed E-state index contributed by atoms with van der Waals surface area (Å²) in [5.74, 6) is 0.570. The van der Waals surface area contributed by atoms with Gasteiger partial charge in [0.2, 0.25) is 0 Å². The van der Waals surface area contributed by atoms with Gasteiger partial charge in [-0.3, -0.25) is 4.79 Å². The number of rotatable bonds is 5. The highest BCUT2D eigenvalue weighted by atomic mass is 32.2. The van der Waals surface area contributed by atoms with E-state index in [1.165, 1.54) is 0 Å². The lowest BCUT2D eigenvalue weighted by atomic mass is 10.1. The van der Waals surface area contributed by atoms with Gasteiger partial charge in [-0.25, -0.2) is 4.68 Å². The number of amidine groups is 1. The third-order valence-electron chi connectivity index (χ3n) is 6.20. The second-order valence-electron chi connectivity index (χ2n) is 8.98. The molecule has 6 heteroatoms. The summed E-state index contributed by atoms with van der Waals surface area (Å²) in [7, 11) is 0. The lowest BCUT2D eigenvalue weighted by Crippen LogP contribution is -2.10. The van der Waals surface area contributed by atoms with Crippen LogP contribution < -0.4 is 5.32 Å². The fraction of sp³-hybridized carbons (Fsp3) is 0.0312. The predicted octanol–water partition coefficient (Wildman–Crippen LogP) is 8.23. The molecule has 0 fully saturated rings. The molecule has 0 unspecified atom stereocenters. The number of amides is 1. The molecule has 0 saturated heterocycles. The molecule has 1 aromatic heterocycles. The lowest BCUT2D eigenvalue weighted by molar-refractivity contribution is 0.268. The third kappa shape index (κ3) is 5.08. The van der Waals surface area contributed by atoms with Gasteiger partial charge in [-0.05, 0) is 66.2 Å². The van der Waals surface area contributed by atoms with Crippen LogP contribution in [-0.4, -0.2) is 20.9 Å². The fourth-order valence-corrected chi connectivity index (χ4v) is 5.08. The van der Waals surface area contributed by atoms with E-state index in [4.69, 9.17) is 5.10 Å². The van der Waals surface area contributed by atoms with Crippen LogP contribution in [0.15, 0.2) is 125 Å². The minimum Gasteiger partial charge on any atom is -0.339 e. The summed E-state index contributed by atoms with van der Waals surface area (Å²) < 4.78 is 1.98. The van der Waals surface area contributed by atoms with Gasteiger partial charge in [0.05, 0.1) is 22.0 Å². The maximum absolute atomic E-state index is 12.1. The van der Waals surface area contributed by atoms with E-state index in [1.54, 1.807) is 0 Å². The molecule has 4 aromatic carbocycles. The first-order valence-corrected chi connectivity index (χ1v) is 13.1. The van der Waals surface area contributed by atoms with E-state index >= 15 is 0 Å². The van der Waals surface area contributed by atoms with Gasteiger partial charge in [0.15, 0.2) is 0 Å². The Kier molecular flexibility index (Phi) is 6.46. The van der Waals surface area contributed by atoms with Gasteiger partial charge in [-0.2, -0.15) is 10.1 Å². The van der Waals surface area contributed by atoms with Gasteiger partial charge >= 0.3 is 5.24 Å². The Morgan fingerprint density at radius 2 is 1.50 bits per heavy atom. The number of hydrogen-bond acceptors (Lipinski definition) is 4. The number of carbonyl (C=O) groups excluding carboxylic acids is 1. The zero-order chi connectivity index (χ0) is 25.9. The van der Waals surface area contributed by atoms with Crippen molar-refractivity contribution >= 4 is 34.6 Å². The average Bonchev–Trinajstić information content (AvgIpc) is 3.54. The molecular weight excluding hydrogens is 488 g/mol. The highest BCUT2D eigenvalue weighted by Crippen LogP contribution is 2.32. The van der Waals surface area contributed by atoms with Crippen molar-refractivity contribution in [1.29, 1.82) is 0 Å². The van der Waals surface area contributed by atoms with E-state index in [2.05, 4.69) is 40.6 Å². The smallest absolute Gasteiger partial charge is 0.311 e. The lowest BCUT2D eigenvalue weighted by Gasteiger charge is -2.09. The van der Waals surface area contributed by atoms with Crippen LogP contribution in [0.3, 0.4) is 0 Å².